The molecule has 2 aliphatic heterocycles. The predicted octanol–water partition coefficient (Wildman–Crippen LogP) is 2.76. The SMILES string of the molecule is CCNC(=NCc1cccnc1OC)N1CC2OCCN(Cc3ccccc3)C2C1.I. The molecule has 7 nitrogen and oxygen atoms in total. The van der Waals surface area contributed by atoms with Crippen LogP contribution in [0.1, 0.15) is 18.1 Å². The van der Waals surface area contributed by atoms with Gasteiger partial charge in [0.15, 0.2) is 5.96 Å². The second kappa shape index (κ2) is 11.6. The zero-order valence-corrected chi connectivity index (χ0v) is 20.6. The Morgan fingerprint density at radius 2 is 2.06 bits per heavy atom. The summed E-state index contributed by atoms with van der Waals surface area (Å²) in [7, 11) is 1.64. The molecule has 0 bridgehead atoms. The first-order valence-electron chi connectivity index (χ1n) is 10.7. The van der Waals surface area contributed by atoms with Gasteiger partial charge in [0.25, 0.3) is 0 Å². The van der Waals surface area contributed by atoms with Crippen molar-refractivity contribution < 1.29 is 9.47 Å². The number of halogens is 1. The molecule has 0 amide bonds. The number of hydrogen-bond acceptors (Lipinski definition) is 5. The Labute approximate surface area is 201 Å². The first kappa shape index (κ1) is 23.7. The lowest BCUT2D eigenvalue weighted by Gasteiger charge is -2.36. The normalized spacial score (nSPS) is 21.4. The number of guanidine groups is 1. The summed E-state index contributed by atoms with van der Waals surface area (Å²) in [5.41, 5.74) is 2.33. The molecule has 0 spiro atoms. The van der Waals surface area contributed by atoms with Gasteiger partial charge in [-0.1, -0.05) is 36.4 Å². The fourth-order valence-electron chi connectivity index (χ4n) is 4.26. The molecule has 2 fully saturated rings. The predicted molar refractivity (Wildman–Crippen MR) is 133 cm³/mol. The topological polar surface area (TPSA) is 62.2 Å². The monoisotopic (exact) mass is 537 g/mol. The van der Waals surface area contributed by atoms with Crippen LogP contribution in [0.4, 0.5) is 0 Å². The number of nitrogens with one attached hydrogen (secondary N) is 1. The number of nitrogens with zero attached hydrogens (tertiary/aromatic N) is 4. The maximum Gasteiger partial charge on any atom is 0.218 e. The van der Waals surface area contributed by atoms with E-state index in [-0.39, 0.29) is 30.1 Å². The standard InChI is InChI=1S/C23H31N5O2.HI/c1-3-24-23(26-14-19-10-7-11-25-22(19)29-2)28-16-20-21(17-28)30-13-12-27(20)15-18-8-5-4-6-9-18;/h4-11,20-21H,3,12-17H2,1-2H3,(H,24,26);1H. The number of aromatic nitrogens is 1. The summed E-state index contributed by atoms with van der Waals surface area (Å²) in [5.74, 6) is 1.55. The number of methoxy groups -OCH3 is 1. The van der Waals surface area contributed by atoms with Crippen molar-refractivity contribution in [1.82, 2.24) is 20.1 Å². The van der Waals surface area contributed by atoms with Crippen LogP contribution in [0, 0.1) is 0 Å². The van der Waals surface area contributed by atoms with Crippen LogP contribution in [0.15, 0.2) is 53.7 Å². The lowest BCUT2D eigenvalue weighted by Crippen LogP contribution is -2.50. The molecule has 1 N–H and O–H groups in total. The van der Waals surface area contributed by atoms with E-state index in [4.69, 9.17) is 14.5 Å². The van der Waals surface area contributed by atoms with Crippen LogP contribution < -0.4 is 10.1 Å². The molecule has 2 aliphatic rings. The minimum absolute atomic E-state index is 0. The van der Waals surface area contributed by atoms with Crippen LogP contribution in [-0.4, -0.2) is 72.8 Å². The van der Waals surface area contributed by atoms with E-state index in [0.717, 1.165) is 50.9 Å². The molecular formula is C23H32IN5O2. The van der Waals surface area contributed by atoms with Crippen LogP contribution in [0.5, 0.6) is 5.88 Å². The number of hydrogen-bond donors (Lipinski definition) is 1. The van der Waals surface area contributed by atoms with Gasteiger partial charge >= 0.3 is 0 Å². The molecule has 0 saturated carbocycles. The number of ether oxygens (including phenoxy) is 2. The molecule has 4 rings (SSSR count). The van der Waals surface area contributed by atoms with Crippen LogP contribution in [-0.2, 0) is 17.8 Å². The molecular weight excluding hydrogens is 505 g/mol. The Balaban J connectivity index is 0.00000272. The van der Waals surface area contributed by atoms with Gasteiger partial charge in [0.2, 0.25) is 5.88 Å². The minimum atomic E-state index is 0. The maximum absolute atomic E-state index is 6.13. The number of pyridine rings is 1. The van der Waals surface area contributed by atoms with E-state index in [1.807, 2.05) is 12.1 Å². The molecule has 31 heavy (non-hydrogen) atoms. The Morgan fingerprint density at radius 1 is 1.23 bits per heavy atom. The summed E-state index contributed by atoms with van der Waals surface area (Å²) in [6, 6.07) is 15.0. The highest BCUT2D eigenvalue weighted by Crippen LogP contribution is 2.25. The Bertz CT molecular complexity index is 851. The lowest BCUT2D eigenvalue weighted by atomic mass is 10.1. The second-order valence-electron chi connectivity index (χ2n) is 7.68. The van der Waals surface area contributed by atoms with Gasteiger partial charge in [0.05, 0.1) is 32.4 Å². The van der Waals surface area contributed by atoms with Crippen LogP contribution in [0.3, 0.4) is 0 Å². The Morgan fingerprint density at radius 3 is 2.84 bits per heavy atom. The van der Waals surface area contributed by atoms with Gasteiger partial charge in [-0.3, -0.25) is 4.90 Å². The third-order valence-electron chi connectivity index (χ3n) is 5.72. The van der Waals surface area contributed by atoms with E-state index in [2.05, 4.69) is 57.4 Å². The first-order chi connectivity index (χ1) is 14.8. The smallest absolute Gasteiger partial charge is 0.218 e. The summed E-state index contributed by atoms with van der Waals surface area (Å²) in [5, 5.41) is 3.45. The van der Waals surface area contributed by atoms with Crippen LogP contribution in [0.2, 0.25) is 0 Å². The molecule has 0 aliphatic carbocycles. The van der Waals surface area contributed by atoms with E-state index in [1.54, 1.807) is 13.3 Å². The molecule has 1 aromatic carbocycles. The summed E-state index contributed by atoms with van der Waals surface area (Å²) in [6.45, 7) is 7.91. The zero-order chi connectivity index (χ0) is 20.8. The van der Waals surface area contributed by atoms with Crippen molar-refractivity contribution in [2.24, 2.45) is 4.99 Å². The lowest BCUT2D eigenvalue weighted by molar-refractivity contribution is -0.0502. The van der Waals surface area contributed by atoms with Gasteiger partial charge in [-0.15, -0.1) is 24.0 Å². The number of morpholine rings is 1. The third kappa shape index (κ3) is 5.87. The number of fused-ring (bicyclic) bond motifs is 1. The fraction of sp³-hybridized carbons (Fsp3) is 0.478. The maximum atomic E-state index is 6.13. The summed E-state index contributed by atoms with van der Waals surface area (Å²) >= 11 is 0. The highest BCUT2D eigenvalue weighted by atomic mass is 127. The summed E-state index contributed by atoms with van der Waals surface area (Å²) in [6.07, 6.45) is 1.94. The highest BCUT2D eigenvalue weighted by molar-refractivity contribution is 14.0. The van der Waals surface area contributed by atoms with E-state index in [1.165, 1.54) is 5.56 Å². The molecule has 3 heterocycles. The molecule has 8 heteroatoms. The van der Waals surface area contributed by atoms with Gasteiger partial charge in [0.1, 0.15) is 0 Å². The van der Waals surface area contributed by atoms with E-state index < -0.39 is 0 Å². The number of benzene rings is 1. The molecule has 0 radical (unpaired) electrons. The molecule has 1 aromatic heterocycles. The summed E-state index contributed by atoms with van der Waals surface area (Å²) in [4.78, 5) is 14.0. The van der Waals surface area contributed by atoms with Crippen molar-refractivity contribution >= 4 is 29.9 Å². The second-order valence-corrected chi connectivity index (χ2v) is 7.68. The third-order valence-corrected chi connectivity index (χ3v) is 5.72. The van der Waals surface area contributed by atoms with Crippen LogP contribution >= 0.6 is 24.0 Å². The van der Waals surface area contributed by atoms with E-state index in [0.29, 0.717) is 18.5 Å². The average molecular weight is 537 g/mol. The van der Waals surface area contributed by atoms with Crippen molar-refractivity contribution in [3.63, 3.8) is 0 Å². The van der Waals surface area contributed by atoms with Gasteiger partial charge in [0, 0.05) is 44.5 Å². The van der Waals surface area contributed by atoms with Crippen molar-refractivity contribution in [2.45, 2.75) is 32.2 Å². The van der Waals surface area contributed by atoms with Crippen molar-refractivity contribution in [3.8, 4) is 5.88 Å². The van der Waals surface area contributed by atoms with Gasteiger partial charge < -0.3 is 19.7 Å². The number of likely N-dealkylation sites (tertiary alicyclic amines) is 1. The quantitative estimate of drug-likeness (QED) is 0.348. The number of aliphatic imine (C=N–C) groups is 1. The Hall–Kier alpha value is -1.91. The largest absolute Gasteiger partial charge is 0.481 e. The molecule has 2 atom stereocenters. The van der Waals surface area contributed by atoms with Crippen molar-refractivity contribution in [3.05, 3.63) is 59.8 Å². The molecule has 2 unspecified atom stereocenters. The summed E-state index contributed by atoms with van der Waals surface area (Å²) < 4.78 is 11.5. The first-order valence-corrected chi connectivity index (χ1v) is 10.7. The van der Waals surface area contributed by atoms with Gasteiger partial charge in [-0.25, -0.2) is 9.98 Å². The molecule has 168 valence electrons. The average Bonchev–Trinajstić information content (AvgIpc) is 3.23. The zero-order valence-electron chi connectivity index (χ0n) is 18.2. The Kier molecular flexibility index (Phi) is 8.91. The van der Waals surface area contributed by atoms with Crippen LogP contribution in [0.25, 0.3) is 0 Å². The van der Waals surface area contributed by atoms with Crippen molar-refractivity contribution in [1.29, 1.82) is 0 Å². The van der Waals surface area contributed by atoms with Gasteiger partial charge in [-0.2, -0.15) is 0 Å². The molecule has 2 saturated heterocycles. The van der Waals surface area contributed by atoms with Crippen molar-refractivity contribution in [2.75, 3.05) is 39.9 Å². The molecule has 2 aromatic rings. The number of rotatable bonds is 6. The highest BCUT2D eigenvalue weighted by Gasteiger charge is 2.41. The van der Waals surface area contributed by atoms with Gasteiger partial charge in [-0.05, 0) is 18.6 Å². The fourth-order valence-corrected chi connectivity index (χ4v) is 4.26. The minimum Gasteiger partial charge on any atom is -0.481 e. The van der Waals surface area contributed by atoms with E-state index >= 15 is 0 Å². The van der Waals surface area contributed by atoms with E-state index in [9.17, 15) is 0 Å².